The van der Waals surface area contributed by atoms with Crippen LogP contribution in [0.2, 0.25) is 18.6 Å². The smallest absolute Gasteiger partial charge is 0.304 e. The van der Waals surface area contributed by atoms with Gasteiger partial charge in [0.25, 0.3) is 5.91 Å². The topological polar surface area (TPSA) is 163 Å². The monoisotopic (exact) mass is 814 g/mol. The van der Waals surface area contributed by atoms with Gasteiger partial charge in [0.05, 0.1) is 44.2 Å². The van der Waals surface area contributed by atoms with E-state index in [1.807, 2.05) is 30.3 Å². The Labute approximate surface area is 336 Å². The molecule has 7 rings (SSSR count). The van der Waals surface area contributed by atoms with Crippen LogP contribution in [0.4, 0.5) is 21.2 Å². The Balaban J connectivity index is 1.27. The largest absolute Gasteiger partial charge is 0.441 e. The molecule has 4 heterocycles. The summed E-state index contributed by atoms with van der Waals surface area (Å²) in [5.74, 6) is -3.26. The van der Waals surface area contributed by atoms with E-state index in [1.54, 1.807) is 49.4 Å². The minimum absolute atomic E-state index is 0.00188. The number of hydrogen-bond donors (Lipinski definition) is 1. The predicted octanol–water partition coefficient (Wildman–Crippen LogP) is 4.67. The Hall–Kier alpha value is -5.45. The summed E-state index contributed by atoms with van der Waals surface area (Å²) in [6.45, 7) is 7.31. The van der Waals surface area contributed by atoms with Gasteiger partial charge in [-0.05, 0) is 54.6 Å². The van der Waals surface area contributed by atoms with Crippen LogP contribution in [0, 0.1) is 5.92 Å². The number of benzene rings is 3. The number of rotatable bonds is 13. The molecule has 4 amide bonds. The normalized spacial score (nSPS) is 25.1. The van der Waals surface area contributed by atoms with Gasteiger partial charge in [0.1, 0.15) is 0 Å². The third-order valence-electron chi connectivity index (χ3n) is 11.5. The summed E-state index contributed by atoms with van der Waals surface area (Å²) in [5, 5.41) is 9.89. The Bertz CT molecular complexity index is 2150. The molecule has 3 aromatic carbocycles. The molecule has 0 radical (unpaired) electrons. The van der Waals surface area contributed by atoms with Crippen LogP contribution in [-0.4, -0.2) is 85.7 Å². The highest BCUT2D eigenvalue weighted by Gasteiger charge is 2.67. The van der Waals surface area contributed by atoms with Gasteiger partial charge in [0, 0.05) is 55.3 Å². The van der Waals surface area contributed by atoms with E-state index in [0.717, 1.165) is 5.56 Å². The number of anilines is 3. The lowest BCUT2D eigenvalue weighted by Crippen LogP contribution is -2.55. The van der Waals surface area contributed by atoms with Crippen molar-refractivity contribution in [2.45, 2.75) is 95.9 Å². The average Bonchev–Trinajstić information content (AvgIpc) is 3.56. The molecule has 16 heteroatoms. The molecule has 6 atom stereocenters. The fraction of sp³-hybridized carbons (Fsp3) is 0.429. The molecule has 3 fully saturated rings. The van der Waals surface area contributed by atoms with E-state index in [2.05, 4.69) is 0 Å². The molecule has 2 unspecified atom stereocenters. The molecule has 4 aliphatic heterocycles. The number of ether oxygens (including phenoxy) is 3. The summed E-state index contributed by atoms with van der Waals surface area (Å²) < 4.78 is 34.3. The number of nitrogens with zero attached hydrogens (tertiary/aromatic N) is 4. The molecule has 0 aliphatic carbocycles. The highest BCUT2D eigenvalue weighted by atomic mass is 28.4. The van der Waals surface area contributed by atoms with Gasteiger partial charge in [-0.25, -0.2) is 0 Å². The van der Waals surface area contributed by atoms with Crippen LogP contribution < -0.4 is 14.7 Å². The van der Waals surface area contributed by atoms with Gasteiger partial charge in [-0.15, -0.1) is 0 Å². The van der Waals surface area contributed by atoms with Crippen molar-refractivity contribution in [3.63, 3.8) is 0 Å². The van der Waals surface area contributed by atoms with Crippen LogP contribution in [0.5, 0.6) is 0 Å². The first kappa shape index (κ1) is 40.7. The van der Waals surface area contributed by atoms with Crippen LogP contribution in [0.1, 0.15) is 56.7 Å². The number of β-lactam (4-membered cyclic amide) rings is 2. The molecule has 14 nitrogen and oxygen atoms in total. The maximum absolute atomic E-state index is 16.7. The lowest BCUT2D eigenvalue weighted by Gasteiger charge is -2.39. The SMILES string of the molecule is CC(=O)OC1CC(=O)N1c1cccc(CN2C(=O)[C@]3(O[C@H](CC(=O)N(CCO)Cc4ccccc4)[C@@H]([Si](C)(C)F)[C@@H]3C)c3cc(N4C(=O)CC4OC(C)=O)ccc32)c1. The number of aliphatic hydroxyl groups is 1. The number of fused-ring (bicyclic) bond motifs is 2. The van der Waals surface area contributed by atoms with Gasteiger partial charge in [-0.3, -0.25) is 38.6 Å². The van der Waals surface area contributed by atoms with Gasteiger partial charge in [-0.2, -0.15) is 0 Å². The van der Waals surface area contributed by atoms with E-state index in [4.69, 9.17) is 14.2 Å². The lowest BCUT2D eigenvalue weighted by molar-refractivity contribution is -0.155. The quantitative estimate of drug-likeness (QED) is 0.111. The predicted molar refractivity (Wildman–Crippen MR) is 211 cm³/mol. The van der Waals surface area contributed by atoms with Crippen molar-refractivity contribution >= 4 is 61.0 Å². The molecule has 0 aromatic heterocycles. The lowest BCUT2D eigenvalue weighted by atomic mass is 9.82. The number of hydrogen-bond acceptors (Lipinski definition) is 10. The van der Waals surface area contributed by atoms with Crippen molar-refractivity contribution in [2.75, 3.05) is 27.9 Å². The number of esters is 2. The fourth-order valence-corrected chi connectivity index (χ4v) is 11.5. The molecule has 58 heavy (non-hydrogen) atoms. The van der Waals surface area contributed by atoms with Crippen LogP contribution in [0.15, 0.2) is 72.8 Å². The van der Waals surface area contributed by atoms with Gasteiger partial charge in [-0.1, -0.05) is 49.4 Å². The zero-order valence-electron chi connectivity index (χ0n) is 33.1. The summed E-state index contributed by atoms with van der Waals surface area (Å²) in [7, 11) is -3.71. The van der Waals surface area contributed by atoms with Crippen molar-refractivity contribution in [1.82, 2.24) is 4.90 Å². The summed E-state index contributed by atoms with van der Waals surface area (Å²) in [6, 6.07) is 21.2. The Morgan fingerprint density at radius 3 is 2.05 bits per heavy atom. The van der Waals surface area contributed by atoms with Gasteiger partial charge < -0.3 is 33.2 Å². The summed E-state index contributed by atoms with van der Waals surface area (Å²) in [5.41, 5.74) is 0.503. The third kappa shape index (κ3) is 7.39. The number of carbonyl (C=O) groups excluding carboxylic acids is 6. The number of aliphatic hydroxyl groups excluding tert-OH is 1. The fourth-order valence-electron chi connectivity index (χ4n) is 9.01. The maximum Gasteiger partial charge on any atom is 0.304 e. The second-order valence-electron chi connectivity index (χ2n) is 15.8. The van der Waals surface area contributed by atoms with E-state index in [0.29, 0.717) is 28.2 Å². The third-order valence-corrected chi connectivity index (χ3v) is 13.9. The van der Waals surface area contributed by atoms with Crippen molar-refractivity contribution in [2.24, 2.45) is 5.92 Å². The molecule has 3 saturated heterocycles. The minimum Gasteiger partial charge on any atom is -0.441 e. The first-order valence-corrected chi connectivity index (χ1v) is 22.3. The van der Waals surface area contributed by atoms with E-state index >= 15 is 8.90 Å². The summed E-state index contributed by atoms with van der Waals surface area (Å²) in [6.07, 6.45) is -2.85. The standard InChI is InChI=1S/C42H47FN4O10Si/c1-25-40(58(4,5)43)34(20-35(51)44(16-17-48)23-28-10-7-6-8-11-28)57-42(25)32-19-31(47-37(53)22-39(47)56-27(3)50)14-15-33(32)45(41(42)54)24-29-12-9-13-30(18-29)46-36(52)21-38(46)55-26(2)49/h6-15,18-19,25,34,38-40,48H,16-17,20-24H2,1-5H3/t25-,34+,38?,39?,40-,42+/m0/s1. The van der Waals surface area contributed by atoms with E-state index in [9.17, 15) is 29.1 Å². The molecular weight excluding hydrogens is 768 g/mol. The molecule has 4 aliphatic rings. The average molecular weight is 815 g/mol. The maximum atomic E-state index is 16.7. The zero-order chi connectivity index (χ0) is 41.7. The van der Waals surface area contributed by atoms with Crippen molar-refractivity contribution in [1.29, 1.82) is 0 Å². The highest BCUT2D eigenvalue weighted by Crippen LogP contribution is 2.61. The molecule has 1 N–H and O–H groups in total. The van der Waals surface area contributed by atoms with E-state index in [1.165, 1.54) is 46.5 Å². The Morgan fingerprint density at radius 1 is 0.879 bits per heavy atom. The minimum atomic E-state index is -3.71. The van der Waals surface area contributed by atoms with E-state index < -0.39 is 61.9 Å². The highest BCUT2D eigenvalue weighted by molar-refractivity contribution is 6.72. The summed E-state index contributed by atoms with van der Waals surface area (Å²) in [4.78, 5) is 84.2. The van der Waals surface area contributed by atoms with Crippen molar-refractivity contribution in [3.8, 4) is 0 Å². The van der Waals surface area contributed by atoms with Crippen molar-refractivity contribution in [3.05, 3.63) is 89.5 Å². The molecule has 3 aromatic rings. The van der Waals surface area contributed by atoms with Crippen molar-refractivity contribution < 1.29 is 52.2 Å². The van der Waals surface area contributed by atoms with Gasteiger partial charge >= 0.3 is 11.9 Å². The number of carbonyl (C=O) groups is 6. The Morgan fingerprint density at radius 2 is 1.48 bits per heavy atom. The molecule has 0 bridgehead atoms. The Kier molecular flexibility index (Phi) is 11.0. The van der Waals surface area contributed by atoms with Crippen LogP contribution in [-0.2, 0) is 61.7 Å². The number of amides is 4. The van der Waals surface area contributed by atoms with Crippen LogP contribution >= 0.6 is 0 Å². The number of halogens is 1. The second kappa shape index (κ2) is 15.7. The van der Waals surface area contributed by atoms with Gasteiger partial charge in [0.15, 0.2) is 18.1 Å². The molecular formula is C42H47FN4O10Si. The summed E-state index contributed by atoms with van der Waals surface area (Å²) >= 11 is 0. The van der Waals surface area contributed by atoms with Crippen LogP contribution in [0.25, 0.3) is 0 Å². The zero-order valence-corrected chi connectivity index (χ0v) is 34.1. The first-order valence-electron chi connectivity index (χ1n) is 19.4. The van der Waals surface area contributed by atoms with Gasteiger partial charge in [0.2, 0.25) is 26.1 Å². The van der Waals surface area contributed by atoms with E-state index in [-0.39, 0.29) is 63.2 Å². The van der Waals surface area contributed by atoms with Crippen LogP contribution in [0.3, 0.4) is 0 Å². The molecule has 1 spiro atoms. The molecule has 306 valence electrons. The first-order chi connectivity index (χ1) is 27.5. The molecule has 0 saturated carbocycles. The second-order valence-corrected chi connectivity index (χ2v) is 19.6.